The highest BCUT2D eigenvalue weighted by molar-refractivity contribution is 5.72. The van der Waals surface area contributed by atoms with E-state index in [1.165, 1.54) is 7.11 Å². The van der Waals surface area contributed by atoms with E-state index >= 15 is 0 Å². The highest BCUT2D eigenvalue weighted by atomic mass is 16.5. The van der Waals surface area contributed by atoms with Gasteiger partial charge in [-0.05, 0) is 6.42 Å². The van der Waals surface area contributed by atoms with Gasteiger partial charge in [0.1, 0.15) is 0 Å². The van der Waals surface area contributed by atoms with Crippen molar-refractivity contribution in [3.8, 4) is 0 Å². The van der Waals surface area contributed by atoms with Gasteiger partial charge in [0.25, 0.3) is 0 Å². The Hall–Kier alpha value is -1.32. The summed E-state index contributed by atoms with van der Waals surface area (Å²) in [6.07, 6.45) is 5.74. The standard InChI is InChI=1S/C8H14N2O2/c1-3-4-5-9-6-7-10-8(11)12-2/h4-6H,3,7H2,1-2H3,(H,10,11)/b5-4-,9-6?. The molecule has 0 aliphatic rings. The van der Waals surface area contributed by atoms with Crippen LogP contribution < -0.4 is 5.32 Å². The molecule has 12 heavy (non-hydrogen) atoms. The van der Waals surface area contributed by atoms with E-state index in [9.17, 15) is 4.79 Å². The number of allylic oxidation sites excluding steroid dienone is 1. The second-order valence-electron chi connectivity index (χ2n) is 2.00. The number of nitrogens with zero attached hydrogens (tertiary/aromatic N) is 1. The molecule has 0 fully saturated rings. The van der Waals surface area contributed by atoms with Gasteiger partial charge in [0.2, 0.25) is 0 Å². The monoisotopic (exact) mass is 170 g/mol. The van der Waals surface area contributed by atoms with Crippen molar-refractivity contribution in [3.05, 3.63) is 12.3 Å². The highest BCUT2D eigenvalue weighted by Crippen LogP contribution is 1.78. The topological polar surface area (TPSA) is 50.7 Å². The van der Waals surface area contributed by atoms with Gasteiger partial charge in [-0.25, -0.2) is 4.79 Å². The van der Waals surface area contributed by atoms with Crippen LogP contribution in [0.5, 0.6) is 0 Å². The van der Waals surface area contributed by atoms with Gasteiger partial charge in [-0.2, -0.15) is 0 Å². The van der Waals surface area contributed by atoms with Crippen molar-refractivity contribution in [3.63, 3.8) is 0 Å². The van der Waals surface area contributed by atoms with Crippen LogP contribution in [0.2, 0.25) is 0 Å². The fourth-order valence-electron chi connectivity index (χ4n) is 0.481. The second kappa shape index (κ2) is 7.78. The number of carbonyl (C=O) groups is 1. The summed E-state index contributed by atoms with van der Waals surface area (Å²) in [6.45, 7) is 2.42. The number of alkyl carbamates (subject to hydrolysis) is 1. The van der Waals surface area contributed by atoms with E-state index in [1.54, 1.807) is 12.4 Å². The maximum absolute atomic E-state index is 10.5. The zero-order valence-electron chi connectivity index (χ0n) is 7.41. The van der Waals surface area contributed by atoms with Gasteiger partial charge in [-0.3, -0.25) is 4.99 Å². The molecule has 0 spiro atoms. The molecule has 0 aromatic heterocycles. The van der Waals surface area contributed by atoms with Crippen molar-refractivity contribution >= 4 is 12.3 Å². The Labute approximate surface area is 72.3 Å². The number of hydrogen-bond donors (Lipinski definition) is 1. The first-order valence-electron chi connectivity index (χ1n) is 3.79. The Morgan fingerprint density at radius 2 is 2.42 bits per heavy atom. The normalized spacial score (nSPS) is 10.8. The molecule has 1 N–H and O–H groups in total. The van der Waals surface area contributed by atoms with Gasteiger partial charge < -0.3 is 10.1 Å². The molecule has 0 aliphatic carbocycles. The molecule has 0 rings (SSSR count). The van der Waals surface area contributed by atoms with Crippen LogP contribution in [-0.4, -0.2) is 26.0 Å². The first-order chi connectivity index (χ1) is 5.81. The zero-order valence-corrected chi connectivity index (χ0v) is 7.41. The number of rotatable bonds is 4. The lowest BCUT2D eigenvalue weighted by Gasteiger charge is -1.96. The van der Waals surface area contributed by atoms with E-state index in [0.29, 0.717) is 6.54 Å². The van der Waals surface area contributed by atoms with Crippen LogP contribution in [0.25, 0.3) is 0 Å². The van der Waals surface area contributed by atoms with Crippen molar-refractivity contribution < 1.29 is 9.53 Å². The minimum Gasteiger partial charge on any atom is -0.453 e. The van der Waals surface area contributed by atoms with E-state index in [0.717, 1.165) is 6.42 Å². The van der Waals surface area contributed by atoms with Crippen LogP contribution in [0, 0.1) is 0 Å². The summed E-state index contributed by atoms with van der Waals surface area (Å²) in [5, 5.41) is 2.46. The van der Waals surface area contributed by atoms with Gasteiger partial charge in [-0.15, -0.1) is 0 Å². The largest absolute Gasteiger partial charge is 0.453 e. The van der Waals surface area contributed by atoms with Crippen molar-refractivity contribution in [2.75, 3.05) is 13.7 Å². The summed E-state index contributed by atoms with van der Waals surface area (Å²) < 4.78 is 4.35. The van der Waals surface area contributed by atoms with E-state index in [1.807, 2.05) is 13.0 Å². The molecule has 0 aliphatic heterocycles. The Bertz CT molecular complexity index is 176. The summed E-state index contributed by atoms with van der Waals surface area (Å²) in [7, 11) is 1.32. The Kier molecular flexibility index (Phi) is 6.93. The first-order valence-corrected chi connectivity index (χ1v) is 3.79. The lowest BCUT2D eigenvalue weighted by molar-refractivity contribution is 0.172. The molecule has 0 atom stereocenters. The minimum atomic E-state index is -0.444. The Balaban J connectivity index is 3.36. The van der Waals surface area contributed by atoms with Crippen LogP contribution in [0.4, 0.5) is 4.79 Å². The number of carbonyl (C=O) groups excluding carboxylic acids is 1. The number of methoxy groups -OCH3 is 1. The molecule has 68 valence electrons. The molecule has 0 radical (unpaired) electrons. The molecular weight excluding hydrogens is 156 g/mol. The van der Waals surface area contributed by atoms with Crippen molar-refractivity contribution in [1.29, 1.82) is 0 Å². The van der Waals surface area contributed by atoms with Gasteiger partial charge in [0, 0.05) is 12.4 Å². The smallest absolute Gasteiger partial charge is 0.407 e. The highest BCUT2D eigenvalue weighted by Gasteiger charge is 1.91. The van der Waals surface area contributed by atoms with Crippen LogP contribution in [0.1, 0.15) is 13.3 Å². The number of hydrogen-bond acceptors (Lipinski definition) is 3. The molecule has 4 nitrogen and oxygen atoms in total. The van der Waals surface area contributed by atoms with Crippen molar-refractivity contribution in [2.45, 2.75) is 13.3 Å². The van der Waals surface area contributed by atoms with Crippen LogP contribution in [0.15, 0.2) is 17.3 Å². The summed E-state index contributed by atoms with van der Waals surface area (Å²) >= 11 is 0. The van der Waals surface area contributed by atoms with Crippen LogP contribution >= 0.6 is 0 Å². The molecule has 0 saturated heterocycles. The van der Waals surface area contributed by atoms with Gasteiger partial charge in [0.15, 0.2) is 0 Å². The molecule has 4 heteroatoms. The van der Waals surface area contributed by atoms with Crippen LogP contribution in [-0.2, 0) is 4.74 Å². The van der Waals surface area contributed by atoms with Crippen molar-refractivity contribution in [1.82, 2.24) is 5.32 Å². The third-order valence-electron chi connectivity index (χ3n) is 1.06. The number of amides is 1. The van der Waals surface area contributed by atoms with E-state index in [-0.39, 0.29) is 0 Å². The molecular formula is C8H14N2O2. The predicted octanol–water partition coefficient (Wildman–Crippen LogP) is 1.34. The second-order valence-corrected chi connectivity index (χ2v) is 2.00. The summed E-state index contributed by atoms with van der Waals surface area (Å²) in [5.74, 6) is 0. The third-order valence-corrected chi connectivity index (χ3v) is 1.06. The average molecular weight is 170 g/mol. The number of aliphatic imine (C=N–C) groups is 1. The quantitative estimate of drug-likeness (QED) is 0.647. The number of nitrogens with one attached hydrogen (secondary N) is 1. The Morgan fingerprint density at radius 3 is 3.00 bits per heavy atom. The first kappa shape index (κ1) is 10.7. The molecule has 0 saturated carbocycles. The maximum Gasteiger partial charge on any atom is 0.407 e. The molecule has 0 unspecified atom stereocenters. The fraction of sp³-hybridized carbons (Fsp3) is 0.500. The van der Waals surface area contributed by atoms with E-state index in [2.05, 4.69) is 15.0 Å². The van der Waals surface area contributed by atoms with Crippen LogP contribution in [0.3, 0.4) is 0 Å². The van der Waals surface area contributed by atoms with Gasteiger partial charge >= 0.3 is 6.09 Å². The Morgan fingerprint density at radius 1 is 1.67 bits per heavy atom. The lowest BCUT2D eigenvalue weighted by Crippen LogP contribution is -2.24. The third kappa shape index (κ3) is 6.80. The van der Waals surface area contributed by atoms with E-state index < -0.39 is 6.09 Å². The summed E-state index contributed by atoms with van der Waals surface area (Å²) in [5.41, 5.74) is 0. The molecule has 0 aromatic carbocycles. The summed E-state index contributed by atoms with van der Waals surface area (Å²) in [6, 6.07) is 0. The maximum atomic E-state index is 10.5. The average Bonchev–Trinajstić information content (AvgIpc) is 2.10. The minimum absolute atomic E-state index is 0.390. The van der Waals surface area contributed by atoms with E-state index in [4.69, 9.17) is 0 Å². The van der Waals surface area contributed by atoms with Crippen molar-refractivity contribution in [2.24, 2.45) is 4.99 Å². The molecule has 0 bridgehead atoms. The zero-order chi connectivity index (χ0) is 9.23. The fourth-order valence-corrected chi connectivity index (χ4v) is 0.481. The molecule has 1 amide bonds. The van der Waals surface area contributed by atoms with Gasteiger partial charge in [-0.1, -0.05) is 13.0 Å². The summed E-state index contributed by atoms with van der Waals surface area (Å²) in [4.78, 5) is 14.4. The van der Waals surface area contributed by atoms with Gasteiger partial charge in [0.05, 0.1) is 13.7 Å². The predicted molar refractivity (Wildman–Crippen MR) is 48.3 cm³/mol. The molecule has 0 aromatic rings. The lowest BCUT2D eigenvalue weighted by atomic mass is 10.5. The SMILES string of the molecule is CC/C=C\N=CCNC(=O)OC. The number of ether oxygens (including phenoxy) is 1. The molecule has 0 heterocycles.